The molecule has 2 heteroatoms. The van der Waals surface area contributed by atoms with Crippen molar-refractivity contribution in [3.8, 4) is 12.3 Å². The summed E-state index contributed by atoms with van der Waals surface area (Å²) in [7, 11) is 2.18. The second-order valence-corrected chi connectivity index (χ2v) is 4.42. The number of rotatable bonds is 2. The van der Waals surface area contributed by atoms with E-state index in [4.69, 9.17) is 6.42 Å². The zero-order valence-electron chi connectivity index (χ0n) is 9.82. The van der Waals surface area contributed by atoms with Gasteiger partial charge in [0.2, 0.25) is 0 Å². The molecule has 0 N–H and O–H groups in total. The fourth-order valence-electron chi connectivity index (χ4n) is 1.97. The number of likely N-dealkylation sites (N-methyl/N-ethyl adjacent to an activating group) is 1. The monoisotopic (exact) mass is 214 g/mol. The van der Waals surface area contributed by atoms with Gasteiger partial charge in [-0.2, -0.15) is 0 Å². The second kappa shape index (κ2) is 5.16. The van der Waals surface area contributed by atoms with Crippen LogP contribution in [0.1, 0.15) is 11.1 Å². The van der Waals surface area contributed by atoms with Crippen LogP contribution in [0.2, 0.25) is 0 Å². The first-order valence-electron chi connectivity index (χ1n) is 5.74. The second-order valence-electron chi connectivity index (χ2n) is 4.42. The lowest BCUT2D eigenvalue weighted by molar-refractivity contribution is 0.148. The van der Waals surface area contributed by atoms with E-state index in [2.05, 4.69) is 34.9 Å². The first-order valence-corrected chi connectivity index (χ1v) is 5.74. The van der Waals surface area contributed by atoms with Crippen LogP contribution in [0, 0.1) is 12.3 Å². The molecule has 16 heavy (non-hydrogen) atoms. The maximum atomic E-state index is 5.33. The summed E-state index contributed by atoms with van der Waals surface area (Å²) in [5, 5.41) is 0. The third kappa shape index (κ3) is 2.85. The van der Waals surface area contributed by atoms with Gasteiger partial charge in [-0.05, 0) is 24.7 Å². The van der Waals surface area contributed by atoms with Gasteiger partial charge in [0.1, 0.15) is 0 Å². The first-order chi connectivity index (χ1) is 7.78. The van der Waals surface area contributed by atoms with Crippen LogP contribution < -0.4 is 0 Å². The van der Waals surface area contributed by atoms with Gasteiger partial charge >= 0.3 is 0 Å². The Kier molecular flexibility index (Phi) is 3.61. The standard InChI is InChI=1S/C14H18N2/c1-3-13-4-6-14(7-5-13)12-16-10-8-15(2)9-11-16/h1,4-7H,8-12H2,2H3. The largest absolute Gasteiger partial charge is 0.304 e. The summed E-state index contributed by atoms with van der Waals surface area (Å²) in [6, 6.07) is 8.30. The molecule has 0 amide bonds. The van der Waals surface area contributed by atoms with Gasteiger partial charge in [-0.15, -0.1) is 6.42 Å². The highest BCUT2D eigenvalue weighted by Gasteiger charge is 2.13. The lowest BCUT2D eigenvalue weighted by atomic mass is 10.1. The molecule has 1 fully saturated rings. The lowest BCUT2D eigenvalue weighted by Gasteiger charge is -2.32. The molecule has 0 aromatic heterocycles. The van der Waals surface area contributed by atoms with E-state index in [1.807, 2.05) is 12.1 Å². The maximum absolute atomic E-state index is 5.33. The van der Waals surface area contributed by atoms with Crippen molar-refractivity contribution < 1.29 is 0 Å². The van der Waals surface area contributed by atoms with Crippen molar-refractivity contribution in [3.05, 3.63) is 35.4 Å². The van der Waals surface area contributed by atoms with Crippen LogP contribution in [-0.2, 0) is 6.54 Å². The Bertz CT molecular complexity index is 367. The Morgan fingerprint density at radius 1 is 1.12 bits per heavy atom. The summed E-state index contributed by atoms with van der Waals surface area (Å²) in [6.07, 6.45) is 5.33. The third-order valence-corrected chi connectivity index (χ3v) is 3.12. The van der Waals surface area contributed by atoms with E-state index in [-0.39, 0.29) is 0 Å². The van der Waals surface area contributed by atoms with Crippen LogP contribution in [0.15, 0.2) is 24.3 Å². The summed E-state index contributed by atoms with van der Waals surface area (Å²) in [5.74, 6) is 2.64. The van der Waals surface area contributed by atoms with E-state index >= 15 is 0 Å². The van der Waals surface area contributed by atoms with Crippen LogP contribution >= 0.6 is 0 Å². The van der Waals surface area contributed by atoms with Crippen molar-refractivity contribution in [2.75, 3.05) is 33.2 Å². The Morgan fingerprint density at radius 2 is 1.75 bits per heavy atom. The van der Waals surface area contributed by atoms with Crippen LogP contribution in [-0.4, -0.2) is 43.0 Å². The third-order valence-electron chi connectivity index (χ3n) is 3.12. The van der Waals surface area contributed by atoms with E-state index in [0.29, 0.717) is 0 Å². The molecule has 1 aromatic rings. The van der Waals surface area contributed by atoms with Crippen molar-refractivity contribution in [1.29, 1.82) is 0 Å². The summed E-state index contributed by atoms with van der Waals surface area (Å²) in [5.41, 5.74) is 2.31. The Morgan fingerprint density at radius 3 is 2.31 bits per heavy atom. The Balaban J connectivity index is 1.91. The number of piperazine rings is 1. The predicted molar refractivity (Wildman–Crippen MR) is 67.2 cm³/mol. The highest BCUT2D eigenvalue weighted by Crippen LogP contribution is 2.09. The highest BCUT2D eigenvalue weighted by molar-refractivity contribution is 5.34. The minimum absolute atomic E-state index is 0.960. The summed E-state index contributed by atoms with van der Waals surface area (Å²) < 4.78 is 0. The number of nitrogens with zero attached hydrogens (tertiary/aromatic N) is 2. The van der Waals surface area contributed by atoms with Gasteiger partial charge < -0.3 is 4.90 Å². The van der Waals surface area contributed by atoms with Crippen molar-refractivity contribution in [2.45, 2.75) is 6.54 Å². The van der Waals surface area contributed by atoms with Gasteiger partial charge in [0.15, 0.2) is 0 Å². The first kappa shape index (κ1) is 11.2. The van der Waals surface area contributed by atoms with Crippen LogP contribution in [0.25, 0.3) is 0 Å². The SMILES string of the molecule is C#Cc1ccc(CN2CCN(C)CC2)cc1. The number of terminal acetylenes is 1. The maximum Gasteiger partial charge on any atom is 0.0242 e. The van der Waals surface area contributed by atoms with Crippen LogP contribution in [0.3, 0.4) is 0 Å². The number of benzene rings is 1. The average Bonchev–Trinajstić information content (AvgIpc) is 2.33. The molecule has 0 unspecified atom stereocenters. The van der Waals surface area contributed by atoms with Gasteiger partial charge in [-0.3, -0.25) is 4.90 Å². The lowest BCUT2D eigenvalue weighted by Crippen LogP contribution is -2.43. The predicted octanol–water partition coefficient (Wildman–Crippen LogP) is 1.42. The van der Waals surface area contributed by atoms with Crippen molar-refractivity contribution >= 4 is 0 Å². The Hall–Kier alpha value is -1.30. The topological polar surface area (TPSA) is 6.48 Å². The molecular formula is C14H18N2. The van der Waals surface area contributed by atoms with E-state index in [0.717, 1.165) is 25.2 Å². The molecule has 1 aliphatic heterocycles. The van der Waals surface area contributed by atoms with Crippen molar-refractivity contribution in [1.82, 2.24) is 9.80 Å². The molecule has 0 aliphatic carbocycles. The average molecular weight is 214 g/mol. The van der Waals surface area contributed by atoms with Crippen molar-refractivity contribution in [3.63, 3.8) is 0 Å². The van der Waals surface area contributed by atoms with E-state index in [1.165, 1.54) is 18.7 Å². The molecule has 0 spiro atoms. The van der Waals surface area contributed by atoms with Gasteiger partial charge in [0, 0.05) is 38.3 Å². The summed E-state index contributed by atoms with van der Waals surface area (Å²) >= 11 is 0. The van der Waals surface area contributed by atoms with Crippen LogP contribution in [0.4, 0.5) is 0 Å². The molecule has 0 saturated carbocycles. The molecule has 2 nitrogen and oxygen atoms in total. The molecule has 1 saturated heterocycles. The summed E-state index contributed by atoms with van der Waals surface area (Å²) in [4.78, 5) is 4.86. The van der Waals surface area contributed by atoms with Gasteiger partial charge in [-0.1, -0.05) is 18.1 Å². The molecule has 1 heterocycles. The van der Waals surface area contributed by atoms with E-state index in [1.54, 1.807) is 0 Å². The smallest absolute Gasteiger partial charge is 0.0242 e. The van der Waals surface area contributed by atoms with Crippen molar-refractivity contribution in [2.24, 2.45) is 0 Å². The van der Waals surface area contributed by atoms with Gasteiger partial charge in [0.25, 0.3) is 0 Å². The van der Waals surface area contributed by atoms with Gasteiger partial charge in [0.05, 0.1) is 0 Å². The van der Waals surface area contributed by atoms with E-state index in [9.17, 15) is 0 Å². The molecule has 84 valence electrons. The number of hydrogen-bond acceptors (Lipinski definition) is 2. The molecule has 0 radical (unpaired) electrons. The van der Waals surface area contributed by atoms with E-state index < -0.39 is 0 Å². The molecular weight excluding hydrogens is 196 g/mol. The molecule has 0 atom stereocenters. The molecule has 2 rings (SSSR count). The molecule has 1 aliphatic rings. The zero-order valence-corrected chi connectivity index (χ0v) is 9.82. The number of hydrogen-bond donors (Lipinski definition) is 0. The Labute approximate surface area is 97.9 Å². The normalized spacial score (nSPS) is 18.2. The quantitative estimate of drug-likeness (QED) is 0.687. The highest BCUT2D eigenvalue weighted by atomic mass is 15.2. The van der Waals surface area contributed by atoms with Crippen LogP contribution in [0.5, 0.6) is 0 Å². The molecule has 0 bridgehead atoms. The minimum atomic E-state index is 0.960. The fraction of sp³-hybridized carbons (Fsp3) is 0.429. The van der Waals surface area contributed by atoms with Gasteiger partial charge in [-0.25, -0.2) is 0 Å². The zero-order chi connectivity index (χ0) is 11.4. The molecule has 1 aromatic carbocycles. The fourth-order valence-corrected chi connectivity index (χ4v) is 1.97. The summed E-state index contributed by atoms with van der Waals surface area (Å²) in [6.45, 7) is 5.70. The minimum Gasteiger partial charge on any atom is -0.304 e.